The number of nitrogens with two attached hydrogens (primary N) is 1. The van der Waals surface area contributed by atoms with Gasteiger partial charge < -0.3 is 10.8 Å². The molecular weight excluding hydrogens is 243 g/mol. The molecule has 6 heteroatoms. The van der Waals surface area contributed by atoms with Crippen molar-refractivity contribution in [2.45, 2.75) is 6.42 Å². The number of anilines is 1. The molecule has 2 rings (SSSR count). The van der Waals surface area contributed by atoms with E-state index in [2.05, 4.69) is 4.98 Å². The second-order valence-corrected chi connectivity index (χ2v) is 4.52. The fourth-order valence-corrected chi connectivity index (χ4v) is 2.31. The fourth-order valence-electron chi connectivity index (χ4n) is 1.46. The number of aliphatic carboxylic acids is 1. The molecule has 0 bridgehead atoms. The minimum atomic E-state index is -0.947. The van der Waals surface area contributed by atoms with E-state index in [-0.39, 0.29) is 12.2 Å². The monoisotopic (exact) mass is 252 g/mol. The SMILES string of the molecule is Nc1nc(-c2ccc(F)cc2)c(CC(=O)O)s1. The number of carbonyl (C=O) groups is 1. The molecule has 88 valence electrons. The zero-order valence-corrected chi connectivity index (χ0v) is 9.50. The third-order valence-electron chi connectivity index (χ3n) is 2.14. The van der Waals surface area contributed by atoms with Crippen LogP contribution < -0.4 is 5.73 Å². The van der Waals surface area contributed by atoms with Crippen molar-refractivity contribution < 1.29 is 14.3 Å². The van der Waals surface area contributed by atoms with Crippen LogP contribution >= 0.6 is 11.3 Å². The van der Waals surface area contributed by atoms with E-state index in [1.165, 1.54) is 12.1 Å². The van der Waals surface area contributed by atoms with Gasteiger partial charge in [-0.3, -0.25) is 4.79 Å². The highest BCUT2D eigenvalue weighted by atomic mass is 32.1. The summed E-state index contributed by atoms with van der Waals surface area (Å²) in [4.78, 5) is 15.3. The maximum atomic E-state index is 12.8. The van der Waals surface area contributed by atoms with Crippen molar-refractivity contribution in [3.63, 3.8) is 0 Å². The predicted octanol–water partition coefficient (Wildman–Crippen LogP) is 2.16. The maximum Gasteiger partial charge on any atom is 0.308 e. The second kappa shape index (κ2) is 4.50. The van der Waals surface area contributed by atoms with E-state index in [9.17, 15) is 9.18 Å². The molecule has 2 aromatic rings. The lowest BCUT2D eigenvalue weighted by atomic mass is 10.1. The van der Waals surface area contributed by atoms with Crippen LogP contribution in [0, 0.1) is 5.82 Å². The molecule has 3 N–H and O–H groups in total. The Kier molecular flexibility index (Phi) is 3.06. The van der Waals surface area contributed by atoms with Crippen LogP contribution in [-0.4, -0.2) is 16.1 Å². The molecule has 1 aromatic heterocycles. The number of hydrogen-bond donors (Lipinski definition) is 2. The Bertz CT molecular complexity index is 551. The van der Waals surface area contributed by atoms with Crippen molar-refractivity contribution in [1.82, 2.24) is 4.98 Å². The highest BCUT2D eigenvalue weighted by molar-refractivity contribution is 7.15. The lowest BCUT2D eigenvalue weighted by Gasteiger charge is -1.99. The molecule has 0 saturated carbocycles. The quantitative estimate of drug-likeness (QED) is 0.877. The molecule has 0 radical (unpaired) electrons. The van der Waals surface area contributed by atoms with Crippen LogP contribution in [0.15, 0.2) is 24.3 Å². The van der Waals surface area contributed by atoms with Crippen LogP contribution in [0.4, 0.5) is 9.52 Å². The smallest absolute Gasteiger partial charge is 0.308 e. The molecule has 0 aliphatic rings. The number of carboxylic acids is 1. The van der Waals surface area contributed by atoms with Crippen LogP contribution in [-0.2, 0) is 11.2 Å². The first-order chi connectivity index (χ1) is 8.06. The van der Waals surface area contributed by atoms with E-state index < -0.39 is 5.97 Å². The number of thiazole rings is 1. The normalized spacial score (nSPS) is 10.4. The van der Waals surface area contributed by atoms with E-state index in [1.54, 1.807) is 12.1 Å². The Morgan fingerprint density at radius 2 is 2.06 bits per heavy atom. The Hall–Kier alpha value is -1.95. The molecule has 1 aromatic carbocycles. The summed E-state index contributed by atoms with van der Waals surface area (Å²) in [6, 6.07) is 5.70. The fraction of sp³-hybridized carbons (Fsp3) is 0.0909. The Labute approximate surface area is 101 Å². The topological polar surface area (TPSA) is 76.2 Å². The molecule has 0 atom stereocenters. The third kappa shape index (κ3) is 2.59. The molecule has 0 aliphatic heterocycles. The number of carboxylic acid groups (broad SMARTS) is 1. The molecule has 0 unspecified atom stereocenters. The lowest BCUT2D eigenvalue weighted by molar-refractivity contribution is -0.136. The van der Waals surface area contributed by atoms with Gasteiger partial charge in [0.05, 0.1) is 12.1 Å². The zero-order valence-electron chi connectivity index (χ0n) is 8.68. The van der Waals surface area contributed by atoms with E-state index in [0.29, 0.717) is 21.3 Å². The standard InChI is InChI=1S/C11H9FN2O2S/c12-7-3-1-6(2-4-7)10-8(5-9(15)16)17-11(13)14-10/h1-4H,5H2,(H2,13,14)(H,15,16). The predicted molar refractivity (Wildman–Crippen MR) is 63.3 cm³/mol. The van der Waals surface area contributed by atoms with Gasteiger partial charge >= 0.3 is 5.97 Å². The average Bonchev–Trinajstić information content (AvgIpc) is 2.59. The molecule has 0 aliphatic carbocycles. The maximum absolute atomic E-state index is 12.8. The summed E-state index contributed by atoms with van der Waals surface area (Å²) in [6.45, 7) is 0. The molecule has 0 spiro atoms. The Morgan fingerprint density at radius 1 is 1.41 bits per heavy atom. The highest BCUT2D eigenvalue weighted by Gasteiger charge is 2.14. The number of halogens is 1. The zero-order chi connectivity index (χ0) is 12.4. The van der Waals surface area contributed by atoms with Gasteiger partial charge in [-0.05, 0) is 24.3 Å². The van der Waals surface area contributed by atoms with E-state index >= 15 is 0 Å². The van der Waals surface area contributed by atoms with Gasteiger partial charge in [0.1, 0.15) is 5.82 Å². The molecule has 0 amide bonds. The molecule has 1 heterocycles. The van der Waals surface area contributed by atoms with Gasteiger partial charge in [0.2, 0.25) is 0 Å². The van der Waals surface area contributed by atoms with E-state index in [4.69, 9.17) is 10.8 Å². The first kappa shape index (κ1) is 11.5. The van der Waals surface area contributed by atoms with Crippen molar-refractivity contribution in [1.29, 1.82) is 0 Å². The Morgan fingerprint density at radius 3 is 2.65 bits per heavy atom. The lowest BCUT2D eigenvalue weighted by Crippen LogP contribution is -1.99. The van der Waals surface area contributed by atoms with Crippen molar-refractivity contribution >= 4 is 22.4 Å². The molecule has 0 fully saturated rings. The summed E-state index contributed by atoms with van der Waals surface area (Å²) >= 11 is 1.13. The average molecular weight is 252 g/mol. The molecular formula is C11H9FN2O2S. The van der Waals surface area contributed by atoms with Gasteiger partial charge in [-0.25, -0.2) is 9.37 Å². The number of nitrogen functional groups attached to an aromatic ring is 1. The first-order valence-electron chi connectivity index (χ1n) is 4.79. The summed E-state index contributed by atoms with van der Waals surface area (Å²) < 4.78 is 12.8. The van der Waals surface area contributed by atoms with Crippen molar-refractivity contribution in [2.75, 3.05) is 5.73 Å². The van der Waals surface area contributed by atoms with Crippen molar-refractivity contribution in [3.8, 4) is 11.3 Å². The van der Waals surface area contributed by atoms with Crippen LogP contribution in [0.25, 0.3) is 11.3 Å². The third-order valence-corrected chi connectivity index (χ3v) is 3.03. The molecule has 17 heavy (non-hydrogen) atoms. The van der Waals surface area contributed by atoms with Crippen molar-refractivity contribution in [3.05, 3.63) is 35.0 Å². The van der Waals surface area contributed by atoms with E-state index in [0.717, 1.165) is 11.3 Å². The van der Waals surface area contributed by atoms with Gasteiger partial charge in [0.25, 0.3) is 0 Å². The van der Waals surface area contributed by atoms with Gasteiger partial charge in [0, 0.05) is 10.4 Å². The molecule has 0 saturated heterocycles. The summed E-state index contributed by atoms with van der Waals surface area (Å²) in [5.74, 6) is -1.30. The number of aromatic nitrogens is 1. The summed E-state index contributed by atoms with van der Waals surface area (Å²) in [5.41, 5.74) is 6.73. The second-order valence-electron chi connectivity index (χ2n) is 3.40. The number of nitrogens with zero attached hydrogens (tertiary/aromatic N) is 1. The van der Waals surface area contributed by atoms with Gasteiger partial charge in [-0.15, -0.1) is 11.3 Å². The van der Waals surface area contributed by atoms with Gasteiger partial charge in [0.15, 0.2) is 5.13 Å². The minimum absolute atomic E-state index is 0.137. The largest absolute Gasteiger partial charge is 0.481 e. The highest BCUT2D eigenvalue weighted by Crippen LogP contribution is 2.30. The van der Waals surface area contributed by atoms with Gasteiger partial charge in [-0.2, -0.15) is 0 Å². The minimum Gasteiger partial charge on any atom is -0.481 e. The van der Waals surface area contributed by atoms with Crippen LogP contribution in [0.2, 0.25) is 0 Å². The summed E-state index contributed by atoms with van der Waals surface area (Å²) in [5, 5.41) is 9.08. The van der Waals surface area contributed by atoms with Crippen molar-refractivity contribution in [2.24, 2.45) is 0 Å². The van der Waals surface area contributed by atoms with E-state index in [1.807, 2.05) is 0 Å². The summed E-state index contributed by atoms with van der Waals surface area (Å²) in [7, 11) is 0. The summed E-state index contributed by atoms with van der Waals surface area (Å²) in [6.07, 6.45) is -0.137. The van der Waals surface area contributed by atoms with Crippen LogP contribution in [0.3, 0.4) is 0 Å². The number of rotatable bonds is 3. The first-order valence-corrected chi connectivity index (χ1v) is 5.61. The van der Waals surface area contributed by atoms with Gasteiger partial charge in [-0.1, -0.05) is 0 Å². The number of hydrogen-bond acceptors (Lipinski definition) is 4. The molecule has 4 nitrogen and oxygen atoms in total. The van der Waals surface area contributed by atoms with Crippen LogP contribution in [0.5, 0.6) is 0 Å². The number of benzene rings is 1. The van der Waals surface area contributed by atoms with Crippen LogP contribution in [0.1, 0.15) is 4.88 Å². The Balaban J connectivity index is 2.43.